The highest BCUT2D eigenvalue weighted by atomic mass is 16.2. The highest BCUT2D eigenvalue weighted by Gasteiger charge is 2.33. The van der Waals surface area contributed by atoms with Gasteiger partial charge in [0, 0.05) is 6.54 Å². The first kappa shape index (κ1) is 38.6. The molecule has 0 aromatic heterocycles. The van der Waals surface area contributed by atoms with E-state index in [0.29, 0.717) is 19.3 Å². The number of aliphatic imine (C=N–C) groups is 1. The summed E-state index contributed by atoms with van der Waals surface area (Å²) < 4.78 is 0. The fourth-order valence-corrected chi connectivity index (χ4v) is 5.30. The van der Waals surface area contributed by atoms with E-state index in [9.17, 15) is 24.0 Å². The van der Waals surface area contributed by atoms with E-state index in [0.717, 1.165) is 32.1 Å². The van der Waals surface area contributed by atoms with Crippen LogP contribution in [0.4, 0.5) is 0 Å². The van der Waals surface area contributed by atoms with Crippen LogP contribution in [0.1, 0.15) is 98.8 Å². The van der Waals surface area contributed by atoms with E-state index in [1.807, 2.05) is 27.7 Å². The predicted molar refractivity (Wildman–Crippen MR) is 171 cm³/mol. The normalized spacial score (nSPS) is 17.1. The minimum absolute atomic E-state index is 0.0198. The number of nitrogens with one attached hydrogen (secondary N) is 4. The van der Waals surface area contributed by atoms with Crippen molar-refractivity contribution in [3.63, 3.8) is 0 Å². The highest BCUT2D eigenvalue weighted by molar-refractivity contribution is 5.95. The van der Waals surface area contributed by atoms with Gasteiger partial charge in [-0.25, -0.2) is 0 Å². The maximum absolute atomic E-state index is 13.6. The molecule has 0 radical (unpaired) electrons. The fraction of sp³-hybridized carbons (Fsp3) is 0.800. The van der Waals surface area contributed by atoms with Crippen molar-refractivity contribution >= 4 is 35.5 Å². The summed E-state index contributed by atoms with van der Waals surface area (Å²) >= 11 is 0. The molecule has 1 aliphatic carbocycles. The lowest BCUT2D eigenvalue weighted by Crippen LogP contribution is -2.59. The Morgan fingerprint density at radius 3 is 1.57 bits per heavy atom. The number of carbonyl (C=O) groups excluding carboxylic acids is 5. The Morgan fingerprint density at radius 1 is 0.682 bits per heavy atom. The third-order valence-electron chi connectivity index (χ3n) is 7.63. The van der Waals surface area contributed by atoms with Crippen LogP contribution >= 0.6 is 0 Å². The molecule has 0 spiro atoms. The van der Waals surface area contributed by atoms with Gasteiger partial charge in [0.2, 0.25) is 29.5 Å². The SMILES string of the molecule is CC(C)C[C@H](NC(=O)[C@H](CC(C)C)NC(=O)[C@H](CC1CCCCC1)NC(=O)[C@H](C)N)C(=O)N[C@@H](CCCN=C(N)N)C(N)=O. The topological polar surface area (TPSA) is 250 Å². The van der Waals surface area contributed by atoms with Crippen molar-refractivity contribution < 1.29 is 24.0 Å². The van der Waals surface area contributed by atoms with Crippen LogP contribution in [0.15, 0.2) is 4.99 Å². The quantitative estimate of drug-likeness (QED) is 0.0545. The van der Waals surface area contributed by atoms with Crippen molar-refractivity contribution in [1.82, 2.24) is 21.3 Å². The first-order valence-electron chi connectivity index (χ1n) is 15.9. The zero-order valence-corrected chi connectivity index (χ0v) is 27.2. The number of primary amides is 1. The molecule has 1 rings (SSSR count). The lowest BCUT2D eigenvalue weighted by atomic mass is 9.84. The monoisotopic (exact) mass is 623 g/mol. The molecular weight excluding hydrogens is 566 g/mol. The van der Waals surface area contributed by atoms with Gasteiger partial charge >= 0.3 is 0 Å². The van der Waals surface area contributed by atoms with Gasteiger partial charge in [-0.1, -0.05) is 59.8 Å². The van der Waals surface area contributed by atoms with Crippen molar-refractivity contribution in [2.75, 3.05) is 6.54 Å². The molecule has 1 fully saturated rings. The molecule has 0 bridgehead atoms. The van der Waals surface area contributed by atoms with Gasteiger partial charge in [0.05, 0.1) is 6.04 Å². The Balaban J connectivity index is 3.08. The van der Waals surface area contributed by atoms with Crippen molar-refractivity contribution in [1.29, 1.82) is 0 Å². The molecule has 0 aromatic rings. The summed E-state index contributed by atoms with van der Waals surface area (Å²) in [5, 5.41) is 11.0. The molecule has 5 amide bonds. The number of guanidine groups is 1. The molecule has 0 aliphatic heterocycles. The largest absolute Gasteiger partial charge is 0.370 e. The molecule has 0 unspecified atom stereocenters. The number of nitrogens with two attached hydrogens (primary N) is 4. The second kappa shape index (κ2) is 19.8. The van der Waals surface area contributed by atoms with Crippen molar-refractivity contribution in [3.05, 3.63) is 0 Å². The Labute approximate surface area is 262 Å². The van der Waals surface area contributed by atoms with Gasteiger partial charge in [-0.05, 0) is 56.8 Å². The standard InChI is InChI=1S/C30H57N9O5/c1-17(2)14-22(27(42)36-21(25(32)40)12-9-13-35-30(33)34)38-28(43)23(15-18(3)4)39-29(44)24(37-26(41)19(5)31)16-20-10-7-6-8-11-20/h17-24H,6-16,31H2,1-5H3,(H2,32,40)(H,36,42)(H,37,41)(H,38,43)(H,39,44)(H4,33,34,35)/t19-,21-,22-,23-,24-/m0/s1. The molecule has 14 nitrogen and oxygen atoms in total. The average molecular weight is 624 g/mol. The van der Waals surface area contributed by atoms with Gasteiger partial charge in [0.25, 0.3) is 0 Å². The third-order valence-corrected chi connectivity index (χ3v) is 7.63. The summed E-state index contributed by atoms with van der Waals surface area (Å²) in [6.45, 7) is 9.45. The molecule has 12 N–H and O–H groups in total. The van der Waals surface area contributed by atoms with Crippen LogP contribution in [0.25, 0.3) is 0 Å². The summed E-state index contributed by atoms with van der Waals surface area (Å²) in [7, 11) is 0. The van der Waals surface area contributed by atoms with E-state index in [2.05, 4.69) is 26.3 Å². The van der Waals surface area contributed by atoms with Crippen LogP contribution in [-0.2, 0) is 24.0 Å². The zero-order valence-electron chi connectivity index (χ0n) is 27.2. The maximum atomic E-state index is 13.6. The smallest absolute Gasteiger partial charge is 0.243 e. The van der Waals surface area contributed by atoms with Crippen LogP contribution in [-0.4, -0.2) is 72.2 Å². The summed E-state index contributed by atoms with van der Waals surface area (Å²) in [4.78, 5) is 68.9. The first-order chi connectivity index (χ1) is 20.6. The Morgan fingerprint density at radius 2 is 1.14 bits per heavy atom. The molecule has 1 saturated carbocycles. The highest BCUT2D eigenvalue weighted by Crippen LogP contribution is 2.27. The molecular formula is C30H57N9O5. The van der Waals surface area contributed by atoms with E-state index in [4.69, 9.17) is 22.9 Å². The van der Waals surface area contributed by atoms with E-state index >= 15 is 0 Å². The van der Waals surface area contributed by atoms with E-state index in [1.54, 1.807) is 6.92 Å². The molecule has 5 atom stereocenters. The first-order valence-corrected chi connectivity index (χ1v) is 15.9. The Kier molecular flexibility index (Phi) is 17.4. The fourth-order valence-electron chi connectivity index (χ4n) is 5.30. The minimum Gasteiger partial charge on any atom is -0.370 e. The van der Waals surface area contributed by atoms with Gasteiger partial charge in [-0.15, -0.1) is 0 Å². The number of hydrogen-bond acceptors (Lipinski definition) is 7. The Bertz CT molecular complexity index is 976. The van der Waals surface area contributed by atoms with E-state index < -0.39 is 59.7 Å². The van der Waals surface area contributed by atoms with E-state index in [1.165, 1.54) is 0 Å². The lowest BCUT2D eigenvalue weighted by Gasteiger charge is -2.30. The van der Waals surface area contributed by atoms with Gasteiger partial charge < -0.3 is 44.2 Å². The van der Waals surface area contributed by atoms with Crippen molar-refractivity contribution in [2.45, 2.75) is 129 Å². The summed E-state index contributed by atoms with van der Waals surface area (Å²) in [5.41, 5.74) is 22.0. The second-order valence-electron chi connectivity index (χ2n) is 12.9. The van der Waals surface area contributed by atoms with E-state index in [-0.39, 0.29) is 43.1 Å². The van der Waals surface area contributed by atoms with Gasteiger partial charge in [-0.3, -0.25) is 29.0 Å². The zero-order chi connectivity index (χ0) is 33.4. The molecule has 44 heavy (non-hydrogen) atoms. The molecule has 14 heteroatoms. The summed E-state index contributed by atoms with van der Waals surface area (Å²) in [5.74, 6) is -2.48. The maximum Gasteiger partial charge on any atom is 0.243 e. The molecule has 0 heterocycles. The van der Waals surface area contributed by atoms with Crippen LogP contribution in [0, 0.1) is 17.8 Å². The Hall–Kier alpha value is -3.42. The van der Waals surface area contributed by atoms with Crippen molar-refractivity contribution in [3.8, 4) is 0 Å². The summed E-state index contributed by atoms with van der Waals surface area (Å²) in [6, 6.07) is -4.56. The minimum atomic E-state index is -0.983. The number of amides is 5. The van der Waals surface area contributed by atoms with Gasteiger partial charge in [0.15, 0.2) is 5.96 Å². The average Bonchev–Trinajstić information content (AvgIpc) is 2.93. The molecule has 0 aromatic carbocycles. The second-order valence-corrected chi connectivity index (χ2v) is 12.9. The molecule has 0 saturated heterocycles. The lowest BCUT2D eigenvalue weighted by molar-refractivity contribution is -0.135. The van der Waals surface area contributed by atoms with Gasteiger partial charge in [0.1, 0.15) is 24.2 Å². The number of carbonyl (C=O) groups is 5. The number of nitrogens with zero attached hydrogens (tertiary/aromatic N) is 1. The van der Waals surface area contributed by atoms with Crippen LogP contribution in [0.2, 0.25) is 0 Å². The number of rotatable bonds is 19. The predicted octanol–water partition coefficient (Wildman–Crippen LogP) is -0.126. The molecule has 252 valence electrons. The third kappa shape index (κ3) is 15.3. The van der Waals surface area contributed by atoms with Crippen LogP contribution < -0.4 is 44.2 Å². The van der Waals surface area contributed by atoms with Crippen molar-refractivity contribution in [2.24, 2.45) is 45.7 Å². The van der Waals surface area contributed by atoms with Crippen LogP contribution in [0.3, 0.4) is 0 Å². The number of hydrogen-bond donors (Lipinski definition) is 8. The van der Waals surface area contributed by atoms with Crippen LogP contribution in [0.5, 0.6) is 0 Å². The van der Waals surface area contributed by atoms with Gasteiger partial charge in [-0.2, -0.15) is 0 Å². The summed E-state index contributed by atoms with van der Waals surface area (Å²) in [6.07, 6.45) is 6.90. The molecule has 1 aliphatic rings.